The summed E-state index contributed by atoms with van der Waals surface area (Å²) >= 11 is 0. The number of aromatic nitrogens is 2. The van der Waals surface area contributed by atoms with Gasteiger partial charge in [0.2, 0.25) is 0 Å². The third-order valence-electron chi connectivity index (χ3n) is 2.00. The largest absolute Gasteiger partial charge is 0.383 e. The Balaban J connectivity index is 1.99. The van der Waals surface area contributed by atoms with Crippen molar-refractivity contribution in [2.24, 2.45) is 0 Å². The zero-order valence-electron chi connectivity index (χ0n) is 8.99. The van der Waals surface area contributed by atoms with Crippen molar-refractivity contribution in [3.05, 3.63) is 18.0 Å². The number of methoxy groups -OCH3 is 1. The van der Waals surface area contributed by atoms with E-state index in [0.717, 1.165) is 38.4 Å². The smallest absolute Gasteiger partial charge is 0.0593 e. The van der Waals surface area contributed by atoms with E-state index in [4.69, 9.17) is 4.74 Å². The molecule has 0 aliphatic rings. The van der Waals surface area contributed by atoms with Crippen molar-refractivity contribution in [1.29, 1.82) is 0 Å². The first-order chi connectivity index (χ1) is 6.83. The summed E-state index contributed by atoms with van der Waals surface area (Å²) < 4.78 is 6.91. The summed E-state index contributed by atoms with van der Waals surface area (Å²) in [5.74, 6) is 0. The SMILES string of the molecule is COCCNCCCn1ccc(C)n1. The number of rotatable bonds is 7. The molecular formula is C10H19N3O. The third kappa shape index (κ3) is 4.39. The molecule has 0 amide bonds. The number of nitrogens with one attached hydrogen (secondary N) is 1. The van der Waals surface area contributed by atoms with Crippen LogP contribution in [0.1, 0.15) is 12.1 Å². The average molecular weight is 197 g/mol. The molecule has 4 nitrogen and oxygen atoms in total. The van der Waals surface area contributed by atoms with Gasteiger partial charge in [0.1, 0.15) is 0 Å². The zero-order valence-corrected chi connectivity index (χ0v) is 8.99. The molecule has 0 fully saturated rings. The highest BCUT2D eigenvalue weighted by atomic mass is 16.5. The van der Waals surface area contributed by atoms with E-state index in [1.54, 1.807) is 7.11 Å². The summed E-state index contributed by atoms with van der Waals surface area (Å²) in [5, 5.41) is 7.61. The molecule has 0 saturated heterocycles. The Morgan fingerprint density at radius 1 is 1.50 bits per heavy atom. The normalized spacial score (nSPS) is 10.7. The van der Waals surface area contributed by atoms with Gasteiger partial charge in [-0.3, -0.25) is 4.68 Å². The predicted octanol–water partition coefficient (Wildman–Crippen LogP) is 0.818. The summed E-state index contributed by atoms with van der Waals surface area (Å²) in [4.78, 5) is 0. The van der Waals surface area contributed by atoms with Crippen LogP contribution in [0.4, 0.5) is 0 Å². The number of aryl methyl sites for hydroxylation is 2. The molecule has 1 aromatic heterocycles. The van der Waals surface area contributed by atoms with E-state index in [2.05, 4.69) is 10.4 Å². The fraction of sp³-hybridized carbons (Fsp3) is 0.700. The first kappa shape index (κ1) is 11.2. The molecule has 0 aromatic carbocycles. The minimum absolute atomic E-state index is 0.779. The van der Waals surface area contributed by atoms with Gasteiger partial charge in [-0.25, -0.2) is 0 Å². The molecule has 0 unspecified atom stereocenters. The van der Waals surface area contributed by atoms with Crippen molar-refractivity contribution < 1.29 is 4.74 Å². The van der Waals surface area contributed by atoms with Crippen molar-refractivity contribution >= 4 is 0 Å². The molecule has 1 aromatic rings. The molecule has 1 N–H and O–H groups in total. The van der Waals surface area contributed by atoms with Gasteiger partial charge in [0.25, 0.3) is 0 Å². The van der Waals surface area contributed by atoms with Gasteiger partial charge in [0, 0.05) is 26.4 Å². The molecule has 0 aliphatic carbocycles. The molecule has 0 atom stereocenters. The number of hydrogen-bond acceptors (Lipinski definition) is 3. The van der Waals surface area contributed by atoms with Crippen LogP contribution in [0.3, 0.4) is 0 Å². The molecule has 0 aliphatic heterocycles. The maximum absolute atomic E-state index is 4.93. The summed E-state index contributed by atoms with van der Waals surface area (Å²) in [7, 11) is 1.72. The van der Waals surface area contributed by atoms with Crippen molar-refractivity contribution in [2.75, 3.05) is 26.8 Å². The van der Waals surface area contributed by atoms with E-state index in [0.29, 0.717) is 0 Å². The van der Waals surface area contributed by atoms with Gasteiger partial charge >= 0.3 is 0 Å². The lowest BCUT2D eigenvalue weighted by Crippen LogP contribution is -2.21. The highest BCUT2D eigenvalue weighted by Crippen LogP contribution is 1.93. The zero-order chi connectivity index (χ0) is 10.2. The molecule has 1 rings (SSSR count). The minimum Gasteiger partial charge on any atom is -0.383 e. The minimum atomic E-state index is 0.779. The van der Waals surface area contributed by atoms with E-state index in [-0.39, 0.29) is 0 Å². The van der Waals surface area contributed by atoms with Gasteiger partial charge in [-0.15, -0.1) is 0 Å². The van der Waals surface area contributed by atoms with Gasteiger partial charge in [-0.2, -0.15) is 5.10 Å². The fourth-order valence-corrected chi connectivity index (χ4v) is 1.25. The van der Waals surface area contributed by atoms with Gasteiger partial charge < -0.3 is 10.1 Å². The lowest BCUT2D eigenvalue weighted by atomic mass is 10.4. The van der Waals surface area contributed by atoms with Gasteiger partial charge in [-0.05, 0) is 26.0 Å². The summed E-state index contributed by atoms with van der Waals surface area (Å²) in [5.41, 5.74) is 1.08. The molecule has 1 heterocycles. The quantitative estimate of drug-likeness (QED) is 0.658. The summed E-state index contributed by atoms with van der Waals surface area (Å²) in [6.07, 6.45) is 3.12. The second-order valence-corrected chi connectivity index (χ2v) is 3.32. The molecule has 0 bridgehead atoms. The fourth-order valence-electron chi connectivity index (χ4n) is 1.25. The third-order valence-corrected chi connectivity index (χ3v) is 2.00. The standard InChI is InChI=1S/C10H19N3O/c1-10-4-8-13(12-10)7-3-5-11-6-9-14-2/h4,8,11H,3,5-7,9H2,1-2H3. The van der Waals surface area contributed by atoms with E-state index in [1.807, 2.05) is 23.9 Å². The van der Waals surface area contributed by atoms with Crippen molar-refractivity contribution in [3.63, 3.8) is 0 Å². The van der Waals surface area contributed by atoms with E-state index in [1.165, 1.54) is 0 Å². The second kappa shape index (κ2) is 6.56. The Hall–Kier alpha value is -0.870. The molecule has 4 heteroatoms. The molecular weight excluding hydrogens is 178 g/mol. The summed E-state index contributed by atoms with van der Waals surface area (Å²) in [6, 6.07) is 2.03. The van der Waals surface area contributed by atoms with Crippen LogP contribution in [-0.4, -0.2) is 36.6 Å². The van der Waals surface area contributed by atoms with Gasteiger partial charge in [0.15, 0.2) is 0 Å². The Kier molecular flexibility index (Phi) is 5.25. The maximum atomic E-state index is 4.93. The molecule has 80 valence electrons. The van der Waals surface area contributed by atoms with Crippen LogP contribution in [0.15, 0.2) is 12.3 Å². The van der Waals surface area contributed by atoms with Crippen molar-refractivity contribution in [1.82, 2.24) is 15.1 Å². The van der Waals surface area contributed by atoms with Gasteiger partial charge in [0.05, 0.1) is 12.3 Å². The Morgan fingerprint density at radius 3 is 3.00 bits per heavy atom. The summed E-state index contributed by atoms with van der Waals surface area (Å²) in [6.45, 7) is 5.71. The molecule has 14 heavy (non-hydrogen) atoms. The van der Waals surface area contributed by atoms with Crippen molar-refractivity contribution in [2.45, 2.75) is 19.9 Å². The predicted molar refractivity (Wildman–Crippen MR) is 56.3 cm³/mol. The van der Waals surface area contributed by atoms with Crippen LogP contribution in [0.5, 0.6) is 0 Å². The van der Waals surface area contributed by atoms with E-state index in [9.17, 15) is 0 Å². The number of hydrogen-bond donors (Lipinski definition) is 1. The van der Waals surface area contributed by atoms with Crippen LogP contribution in [0.25, 0.3) is 0 Å². The van der Waals surface area contributed by atoms with Crippen molar-refractivity contribution in [3.8, 4) is 0 Å². The lowest BCUT2D eigenvalue weighted by Gasteiger charge is -2.03. The van der Waals surface area contributed by atoms with Crippen LogP contribution in [0, 0.1) is 6.92 Å². The Morgan fingerprint density at radius 2 is 2.36 bits per heavy atom. The highest BCUT2D eigenvalue weighted by Gasteiger charge is 1.93. The first-order valence-corrected chi connectivity index (χ1v) is 5.02. The Bertz CT molecular complexity index is 247. The topological polar surface area (TPSA) is 39.1 Å². The molecule has 0 saturated carbocycles. The van der Waals surface area contributed by atoms with Gasteiger partial charge in [-0.1, -0.05) is 0 Å². The number of nitrogens with zero attached hydrogens (tertiary/aromatic N) is 2. The van der Waals surface area contributed by atoms with E-state index >= 15 is 0 Å². The average Bonchev–Trinajstić information content (AvgIpc) is 2.58. The first-order valence-electron chi connectivity index (χ1n) is 5.02. The maximum Gasteiger partial charge on any atom is 0.0593 e. The Labute approximate surface area is 85.3 Å². The van der Waals surface area contributed by atoms with Crippen LogP contribution >= 0.6 is 0 Å². The molecule has 0 radical (unpaired) electrons. The monoisotopic (exact) mass is 197 g/mol. The molecule has 0 spiro atoms. The van der Waals surface area contributed by atoms with Crippen LogP contribution in [-0.2, 0) is 11.3 Å². The second-order valence-electron chi connectivity index (χ2n) is 3.32. The lowest BCUT2D eigenvalue weighted by molar-refractivity contribution is 0.199. The van der Waals surface area contributed by atoms with Crippen LogP contribution in [0.2, 0.25) is 0 Å². The van der Waals surface area contributed by atoms with E-state index < -0.39 is 0 Å². The number of ether oxygens (including phenoxy) is 1. The highest BCUT2D eigenvalue weighted by molar-refractivity contribution is 4.94. The van der Waals surface area contributed by atoms with Crippen LogP contribution < -0.4 is 5.32 Å².